The lowest BCUT2D eigenvalue weighted by Crippen LogP contribution is -2.26. The smallest absolute Gasteiger partial charge is 0.251 e. The molecule has 3 aromatic carbocycles. The molecular weight excluding hydrogens is 388 g/mol. The average molecular weight is 405 g/mol. The van der Waals surface area contributed by atoms with E-state index in [2.05, 4.69) is 27.3 Å². The van der Waals surface area contributed by atoms with Crippen LogP contribution in [0.25, 0.3) is 11.1 Å². The fourth-order valence-electron chi connectivity index (χ4n) is 2.84. The number of rotatable bonds is 5. The predicted molar refractivity (Wildman–Crippen MR) is 107 cm³/mol. The molecule has 0 saturated heterocycles. The molecule has 1 amide bonds. The summed E-state index contributed by atoms with van der Waals surface area (Å²) in [6.07, 6.45) is 0.740. The van der Waals surface area contributed by atoms with Gasteiger partial charge in [-0.25, -0.2) is 0 Å². The Balaban J connectivity index is 1.79. The third-order valence-corrected chi connectivity index (χ3v) is 4.92. The summed E-state index contributed by atoms with van der Waals surface area (Å²) in [7, 11) is 0. The van der Waals surface area contributed by atoms with Crippen LogP contribution in [0, 0.1) is 11.3 Å². The molecule has 0 aliphatic rings. The van der Waals surface area contributed by atoms with Crippen LogP contribution >= 0.6 is 15.9 Å². The molecule has 0 atom stereocenters. The number of amides is 1. The number of carbonyl (C=O) groups excluding carboxylic acids is 1. The molecule has 0 spiro atoms. The average Bonchev–Trinajstić information content (AvgIpc) is 2.69. The zero-order valence-electron chi connectivity index (χ0n) is 14.1. The number of nitrogens with one attached hydrogen (secondary N) is 1. The molecule has 0 saturated carbocycles. The number of carbonyl (C=O) groups is 1. The van der Waals surface area contributed by atoms with Crippen LogP contribution in [0.4, 0.5) is 0 Å². The lowest BCUT2D eigenvalue weighted by atomic mass is 9.95. The Morgan fingerprint density at radius 1 is 0.923 bits per heavy atom. The SMILES string of the molecule is N#Cc1ccccc1-c1ccccc1C(=O)NCCc1ccccc1Br. The molecule has 0 fully saturated rings. The molecule has 0 aliphatic heterocycles. The molecule has 3 nitrogen and oxygen atoms in total. The molecule has 3 aromatic rings. The Hall–Kier alpha value is -2.90. The zero-order chi connectivity index (χ0) is 18.4. The highest BCUT2D eigenvalue weighted by molar-refractivity contribution is 9.10. The predicted octanol–water partition coefficient (Wildman–Crippen LogP) is 4.96. The Morgan fingerprint density at radius 2 is 1.58 bits per heavy atom. The van der Waals surface area contributed by atoms with Gasteiger partial charge in [-0.2, -0.15) is 5.26 Å². The number of nitrogens with zero attached hydrogens (tertiary/aromatic N) is 1. The standard InChI is InChI=1S/C22H17BrN2O/c23-21-12-6-2-7-16(21)13-14-25-22(26)20-11-5-4-10-19(20)18-9-3-1-8-17(18)15-24/h1-12H,13-14H2,(H,25,26). The lowest BCUT2D eigenvalue weighted by Gasteiger charge is -2.12. The highest BCUT2D eigenvalue weighted by atomic mass is 79.9. The van der Waals surface area contributed by atoms with E-state index in [9.17, 15) is 10.1 Å². The van der Waals surface area contributed by atoms with E-state index in [4.69, 9.17) is 0 Å². The van der Waals surface area contributed by atoms with Crippen molar-refractivity contribution in [1.82, 2.24) is 5.32 Å². The normalized spacial score (nSPS) is 10.2. The molecule has 128 valence electrons. The van der Waals surface area contributed by atoms with Crippen molar-refractivity contribution in [3.05, 3.63) is 94.0 Å². The van der Waals surface area contributed by atoms with E-state index in [0.717, 1.165) is 27.6 Å². The van der Waals surface area contributed by atoms with Crippen molar-refractivity contribution in [3.8, 4) is 17.2 Å². The third-order valence-electron chi connectivity index (χ3n) is 4.15. The Bertz CT molecular complexity index is 976. The summed E-state index contributed by atoms with van der Waals surface area (Å²) in [6.45, 7) is 0.537. The quantitative estimate of drug-likeness (QED) is 0.652. The van der Waals surface area contributed by atoms with Gasteiger partial charge in [-0.15, -0.1) is 0 Å². The van der Waals surface area contributed by atoms with Gasteiger partial charge in [-0.3, -0.25) is 4.79 Å². The fourth-order valence-corrected chi connectivity index (χ4v) is 3.32. The molecule has 0 aliphatic carbocycles. The summed E-state index contributed by atoms with van der Waals surface area (Å²) in [4.78, 5) is 12.7. The van der Waals surface area contributed by atoms with Crippen molar-refractivity contribution < 1.29 is 4.79 Å². The second kappa shape index (κ2) is 8.46. The van der Waals surface area contributed by atoms with Gasteiger partial charge in [0.2, 0.25) is 0 Å². The van der Waals surface area contributed by atoms with Crippen molar-refractivity contribution in [2.45, 2.75) is 6.42 Å². The summed E-state index contributed by atoms with van der Waals surface area (Å²) >= 11 is 3.52. The summed E-state index contributed by atoms with van der Waals surface area (Å²) in [6, 6.07) is 24.9. The minimum atomic E-state index is -0.139. The third kappa shape index (κ3) is 4.01. The van der Waals surface area contributed by atoms with Gasteiger partial charge < -0.3 is 5.32 Å². The second-order valence-corrected chi connectivity index (χ2v) is 6.65. The first-order valence-corrected chi connectivity index (χ1v) is 9.10. The minimum absolute atomic E-state index is 0.139. The maximum Gasteiger partial charge on any atom is 0.251 e. The maximum atomic E-state index is 12.7. The van der Waals surface area contributed by atoms with Crippen LogP contribution in [0.2, 0.25) is 0 Å². The van der Waals surface area contributed by atoms with Crippen LogP contribution in [0.5, 0.6) is 0 Å². The summed E-state index contributed by atoms with van der Waals surface area (Å²) in [5, 5.41) is 12.3. The van der Waals surface area contributed by atoms with Gasteiger partial charge in [0.15, 0.2) is 0 Å². The van der Waals surface area contributed by atoms with Crippen molar-refractivity contribution >= 4 is 21.8 Å². The second-order valence-electron chi connectivity index (χ2n) is 5.80. The van der Waals surface area contributed by atoms with E-state index < -0.39 is 0 Å². The molecule has 0 radical (unpaired) electrons. The van der Waals surface area contributed by atoms with Crippen molar-refractivity contribution in [1.29, 1.82) is 5.26 Å². The van der Waals surface area contributed by atoms with Crippen LogP contribution in [0.15, 0.2) is 77.3 Å². The summed E-state index contributed by atoms with van der Waals surface area (Å²) in [5.74, 6) is -0.139. The number of nitriles is 1. The molecule has 3 rings (SSSR count). The Kier molecular flexibility index (Phi) is 5.83. The van der Waals surface area contributed by atoms with Gasteiger partial charge in [0.1, 0.15) is 0 Å². The van der Waals surface area contributed by atoms with E-state index in [1.165, 1.54) is 0 Å². The number of benzene rings is 3. The van der Waals surface area contributed by atoms with Crippen LogP contribution < -0.4 is 5.32 Å². The number of hydrogen-bond donors (Lipinski definition) is 1. The molecule has 0 bridgehead atoms. The van der Waals surface area contributed by atoms with Crippen LogP contribution in [-0.4, -0.2) is 12.5 Å². The van der Waals surface area contributed by atoms with Gasteiger partial charge >= 0.3 is 0 Å². The van der Waals surface area contributed by atoms with Crippen molar-refractivity contribution in [3.63, 3.8) is 0 Å². The van der Waals surface area contributed by atoms with Gasteiger partial charge in [-0.05, 0) is 35.7 Å². The first kappa shape index (κ1) is 17.9. The van der Waals surface area contributed by atoms with Gasteiger partial charge in [0, 0.05) is 22.1 Å². The van der Waals surface area contributed by atoms with Gasteiger partial charge in [-0.1, -0.05) is 70.5 Å². The first-order valence-electron chi connectivity index (χ1n) is 8.31. The zero-order valence-corrected chi connectivity index (χ0v) is 15.7. The highest BCUT2D eigenvalue weighted by Crippen LogP contribution is 2.26. The highest BCUT2D eigenvalue weighted by Gasteiger charge is 2.14. The van der Waals surface area contributed by atoms with Crippen molar-refractivity contribution in [2.24, 2.45) is 0 Å². The molecule has 1 N–H and O–H groups in total. The minimum Gasteiger partial charge on any atom is -0.352 e. The molecule has 26 heavy (non-hydrogen) atoms. The van der Waals surface area contributed by atoms with E-state index in [1.807, 2.05) is 60.7 Å². The van der Waals surface area contributed by atoms with E-state index >= 15 is 0 Å². The van der Waals surface area contributed by atoms with E-state index in [0.29, 0.717) is 17.7 Å². The van der Waals surface area contributed by atoms with Gasteiger partial charge in [0.05, 0.1) is 11.6 Å². The monoisotopic (exact) mass is 404 g/mol. The fraction of sp³-hybridized carbons (Fsp3) is 0.0909. The van der Waals surface area contributed by atoms with Crippen LogP contribution in [0.3, 0.4) is 0 Å². The van der Waals surface area contributed by atoms with Crippen LogP contribution in [-0.2, 0) is 6.42 Å². The van der Waals surface area contributed by atoms with E-state index in [-0.39, 0.29) is 5.91 Å². The molecule has 4 heteroatoms. The Morgan fingerprint density at radius 3 is 2.35 bits per heavy atom. The first-order chi connectivity index (χ1) is 12.7. The molecular formula is C22H17BrN2O. The molecule has 0 unspecified atom stereocenters. The van der Waals surface area contributed by atoms with Crippen molar-refractivity contribution in [2.75, 3.05) is 6.54 Å². The lowest BCUT2D eigenvalue weighted by molar-refractivity contribution is 0.0955. The topological polar surface area (TPSA) is 52.9 Å². The largest absolute Gasteiger partial charge is 0.352 e. The molecule has 0 heterocycles. The Labute approximate surface area is 161 Å². The number of halogens is 1. The molecule has 0 aromatic heterocycles. The van der Waals surface area contributed by atoms with Crippen LogP contribution in [0.1, 0.15) is 21.5 Å². The van der Waals surface area contributed by atoms with Gasteiger partial charge in [0.25, 0.3) is 5.91 Å². The van der Waals surface area contributed by atoms with E-state index in [1.54, 1.807) is 12.1 Å². The number of hydrogen-bond acceptors (Lipinski definition) is 2. The summed E-state index contributed by atoms with van der Waals surface area (Å²) < 4.78 is 1.04. The maximum absolute atomic E-state index is 12.7. The summed E-state index contributed by atoms with van der Waals surface area (Å²) in [5.41, 5.74) is 3.81.